The monoisotopic (exact) mass is 395 g/mol. The Morgan fingerprint density at radius 3 is 2.48 bits per heavy atom. The highest BCUT2D eigenvalue weighted by Crippen LogP contribution is 2.37. The number of carbonyl (C=O) groups is 3. The largest absolute Gasteiger partial charge is 0.478 e. The van der Waals surface area contributed by atoms with Gasteiger partial charge in [-0.2, -0.15) is 13.2 Å². The van der Waals surface area contributed by atoms with Crippen molar-refractivity contribution in [2.45, 2.75) is 22.7 Å². The van der Waals surface area contributed by atoms with Crippen molar-refractivity contribution in [2.75, 3.05) is 4.90 Å². The molecule has 140 valence electrons. The van der Waals surface area contributed by atoms with Crippen LogP contribution in [0.15, 0.2) is 53.4 Å². The molecule has 1 saturated heterocycles. The van der Waals surface area contributed by atoms with Crippen LogP contribution in [0.2, 0.25) is 0 Å². The van der Waals surface area contributed by atoms with Crippen LogP contribution >= 0.6 is 11.8 Å². The Morgan fingerprint density at radius 1 is 1.11 bits per heavy atom. The van der Waals surface area contributed by atoms with Gasteiger partial charge in [-0.15, -0.1) is 11.8 Å². The van der Waals surface area contributed by atoms with E-state index in [1.165, 1.54) is 24.3 Å². The average molecular weight is 395 g/mol. The maximum Gasteiger partial charge on any atom is 0.416 e. The number of aromatic carboxylic acids is 1. The summed E-state index contributed by atoms with van der Waals surface area (Å²) in [4.78, 5) is 37.2. The molecule has 0 saturated carbocycles. The first-order valence-corrected chi connectivity index (χ1v) is 8.59. The average Bonchev–Trinajstić information content (AvgIpc) is 2.88. The number of thioether (sulfide) groups is 1. The summed E-state index contributed by atoms with van der Waals surface area (Å²) in [7, 11) is 0. The molecule has 9 heteroatoms. The predicted molar refractivity (Wildman–Crippen MR) is 91.6 cm³/mol. The molecule has 1 heterocycles. The van der Waals surface area contributed by atoms with Crippen LogP contribution in [0, 0.1) is 0 Å². The molecule has 1 aliphatic heterocycles. The van der Waals surface area contributed by atoms with E-state index in [0.29, 0.717) is 4.90 Å². The number of hydrogen-bond donors (Lipinski definition) is 1. The second kappa shape index (κ2) is 7.07. The fourth-order valence-electron chi connectivity index (χ4n) is 2.69. The van der Waals surface area contributed by atoms with Gasteiger partial charge in [-0.25, -0.2) is 9.69 Å². The summed E-state index contributed by atoms with van der Waals surface area (Å²) < 4.78 is 38.7. The molecule has 0 spiro atoms. The lowest BCUT2D eigenvalue weighted by Crippen LogP contribution is -2.31. The van der Waals surface area contributed by atoms with Crippen LogP contribution in [0.4, 0.5) is 18.9 Å². The minimum Gasteiger partial charge on any atom is -0.478 e. The summed E-state index contributed by atoms with van der Waals surface area (Å²) in [6.07, 6.45) is -4.83. The van der Waals surface area contributed by atoms with Crippen LogP contribution in [-0.2, 0) is 15.8 Å². The van der Waals surface area contributed by atoms with Crippen molar-refractivity contribution in [1.29, 1.82) is 0 Å². The first kappa shape index (κ1) is 19.0. The molecule has 0 bridgehead atoms. The third-order valence-electron chi connectivity index (χ3n) is 3.92. The number of nitrogens with zero attached hydrogens (tertiary/aromatic N) is 1. The van der Waals surface area contributed by atoms with E-state index in [2.05, 4.69) is 0 Å². The Labute approximate surface area is 155 Å². The van der Waals surface area contributed by atoms with Crippen LogP contribution < -0.4 is 4.90 Å². The molecule has 2 aromatic rings. The molecule has 27 heavy (non-hydrogen) atoms. The summed E-state index contributed by atoms with van der Waals surface area (Å²) in [6, 6.07) is 9.99. The highest BCUT2D eigenvalue weighted by molar-refractivity contribution is 8.00. The topological polar surface area (TPSA) is 74.7 Å². The molecule has 0 radical (unpaired) electrons. The Kier molecular flexibility index (Phi) is 4.97. The highest BCUT2D eigenvalue weighted by atomic mass is 32.2. The molecule has 0 aliphatic carbocycles. The quantitative estimate of drug-likeness (QED) is 0.797. The molecular formula is C18H12F3NO4S. The summed E-state index contributed by atoms with van der Waals surface area (Å²) in [5.74, 6) is -2.49. The molecule has 5 nitrogen and oxygen atoms in total. The molecule has 3 rings (SSSR count). The molecular weight excluding hydrogens is 383 g/mol. The zero-order valence-electron chi connectivity index (χ0n) is 13.6. The third-order valence-corrected chi connectivity index (χ3v) is 5.19. The maximum absolute atomic E-state index is 12.9. The second-order valence-corrected chi connectivity index (χ2v) is 6.97. The predicted octanol–water partition coefficient (Wildman–Crippen LogP) is 3.83. The first-order chi connectivity index (χ1) is 12.7. The fraction of sp³-hybridized carbons (Fsp3) is 0.167. The SMILES string of the molecule is O=C(O)c1ccccc1S[C@H]1CC(=O)N(c2cccc(C(F)(F)F)c2)C1=O. The van der Waals surface area contributed by atoms with Crippen LogP contribution in [0.5, 0.6) is 0 Å². The van der Waals surface area contributed by atoms with Gasteiger partial charge in [-0.3, -0.25) is 9.59 Å². The van der Waals surface area contributed by atoms with Crippen LogP contribution in [0.1, 0.15) is 22.3 Å². The summed E-state index contributed by atoms with van der Waals surface area (Å²) in [5, 5.41) is 8.30. The number of alkyl halides is 3. The van der Waals surface area contributed by atoms with Crippen LogP contribution in [0.25, 0.3) is 0 Å². The standard InChI is InChI=1S/C18H12F3NO4S/c19-18(20,21)10-4-3-5-11(8-10)22-15(23)9-14(16(22)24)27-13-7-2-1-6-12(13)17(25)26/h1-8,14H,9H2,(H,25,26)/t14-/m0/s1. The second-order valence-electron chi connectivity index (χ2n) is 5.73. The first-order valence-electron chi connectivity index (χ1n) is 7.71. The summed E-state index contributed by atoms with van der Waals surface area (Å²) in [6.45, 7) is 0. The lowest BCUT2D eigenvalue weighted by Gasteiger charge is -2.17. The zero-order chi connectivity index (χ0) is 19.8. The smallest absolute Gasteiger partial charge is 0.416 e. The molecule has 2 amide bonds. The molecule has 1 N–H and O–H groups in total. The van der Waals surface area contributed by atoms with Crippen molar-refractivity contribution >= 4 is 35.2 Å². The number of carbonyl (C=O) groups excluding carboxylic acids is 2. The number of anilines is 1. The van der Waals surface area contributed by atoms with E-state index in [-0.39, 0.29) is 17.7 Å². The van der Waals surface area contributed by atoms with Gasteiger partial charge in [-0.1, -0.05) is 18.2 Å². The van der Waals surface area contributed by atoms with Crippen molar-refractivity contribution in [1.82, 2.24) is 0 Å². The highest BCUT2D eigenvalue weighted by Gasteiger charge is 2.41. The van der Waals surface area contributed by atoms with Crippen molar-refractivity contribution in [3.05, 3.63) is 59.7 Å². The Morgan fingerprint density at radius 2 is 1.81 bits per heavy atom. The van der Waals surface area contributed by atoms with Gasteiger partial charge in [0.25, 0.3) is 0 Å². The van der Waals surface area contributed by atoms with Crippen molar-refractivity contribution in [2.24, 2.45) is 0 Å². The number of benzene rings is 2. The van der Waals surface area contributed by atoms with E-state index >= 15 is 0 Å². The van der Waals surface area contributed by atoms with Gasteiger partial charge in [-0.05, 0) is 30.3 Å². The van der Waals surface area contributed by atoms with E-state index < -0.39 is 34.8 Å². The number of hydrogen-bond acceptors (Lipinski definition) is 4. The Hall–Kier alpha value is -2.81. The van der Waals surface area contributed by atoms with Crippen molar-refractivity contribution < 1.29 is 32.7 Å². The number of imide groups is 1. The van der Waals surface area contributed by atoms with Gasteiger partial charge < -0.3 is 5.11 Å². The van der Waals surface area contributed by atoms with Crippen molar-refractivity contribution in [3.8, 4) is 0 Å². The number of carboxylic acid groups (broad SMARTS) is 1. The van der Waals surface area contributed by atoms with Crippen molar-refractivity contribution in [3.63, 3.8) is 0 Å². The van der Waals surface area contributed by atoms with E-state index in [9.17, 15) is 32.7 Å². The Balaban J connectivity index is 1.87. The molecule has 1 aliphatic rings. The zero-order valence-corrected chi connectivity index (χ0v) is 14.4. The Bertz CT molecular complexity index is 929. The maximum atomic E-state index is 12.9. The lowest BCUT2D eigenvalue weighted by atomic mass is 10.2. The van der Waals surface area contributed by atoms with Crippen LogP contribution in [-0.4, -0.2) is 28.1 Å². The van der Waals surface area contributed by atoms with E-state index in [1.807, 2.05) is 0 Å². The van der Waals surface area contributed by atoms with Gasteiger partial charge >= 0.3 is 12.1 Å². The van der Waals surface area contributed by atoms with Gasteiger partial charge in [0, 0.05) is 11.3 Å². The number of amides is 2. The summed E-state index contributed by atoms with van der Waals surface area (Å²) in [5.41, 5.74) is -1.14. The molecule has 0 aromatic heterocycles. The van der Waals surface area contributed by atoms with E-state index in [4.69, 9.17) is 0 Å². The van der Waals surface area contributed by atoms with E-state index in [1.54, 1.807) is 6.07 Å². The normalized spacial score (nSPS) is 17.4. The fourth-order valence-corrected chi connectivity index (χ4v) is 3.87. The minimum absolute atomic E-state index is 0.0136. The van der Waals surface area contributed by atoms with Crippen LogP contribution in [0.3, 0.4) is 0 Å². The molecule has 1 atom stereocenters. The van der Waals surface area contributed by atoms with E-state index in [0.717, 1.165) is 34.9 Å². The van der Waals surface area contributed by atoms with Gasteiger partial charge in [0.2, 0.25) is 11.8 Å². The third kappa shape index (κ3) is 3.82. The number of rotatable bonds is 4. The van der Waals surface area contributed by atoms with Gasteiger partial charge in [0.15, 0.2) is 0 Å². The number of carboxylic acids is 1. The minimum atomic E-state index is -4.60. The van der Waals surface area contributed by atoms with Gasteiger partial charge in [0.1, 0.15) is 0 Å². The summed E-state index contributed by atoms with van der Waals surface area (Å²) >= 11 is 0.911. The molecule has 1 fully saturated rings. The van der Waals surface area contributed by atoms with Gasteiger partial charge in [0.05, 0.1) is 22.1 Å². The number of halogens is 3. The molecule has 0 unspecified atom stereocenters. The lowest BCUT2D eigenvalue weighted by molar-refractivity contribution is -0.137. The molecule has 2 aromatic carbocycles.